The summed E-state index contributed by atoms with van der Waals surface area (Å²) in [5.41, 5.74) is 2.44. The minimum atomic E-state index is -1.37. The minimum Gasteiger partial charge on any atom is -0.449 e. The van der Waals surface area contributed by atoms with Crippen LogP contribution in [-0.4, -0.2) is 21.4 Å². The largest absolute Gasteiger partial charge is 0.511 e. The number of carboxylic acid groups (broad SMARTS) is 1. The van der Waals surface area contributed by atoms with Crippen molar-refractivity contribution < 1.29 is 19.2 Å². The van der Waals surface area contributed by atoms with Gasteiger partial charge < -0.3 is 14.4 Å². The summed E-state index contributed by atoms with van der Waals surface area (Å²) < 4.78 is 10.3. The average Bonchev–Trinajstić information content (AvgIpc) is 3.27. The summed E-state index contributed by atoms with van der Waals surface area (Å²) in [5.74, 6) is 0.574. The Balaban J connectivity index is 1.94. The maximum atomic E-state index is 11.0. The van der Waals surface area contributed by atoms with Gasteiger partial charge >= 0.3 is 6.16 Å². The molecule has 1 aliphatic carbocycles. The lowest BCUT2D eigenvalue weighted by Crippen LogP contribution is -2.04. The highest BCUT2D eigenvalue weighted by atomic mass is 16.7. The highest BCUT2D eigenvalue weighted by molar-refractivity contribution is 5.95. The van der Waals surface area contributed by atoms with Crippen LogP contribution in [0.4, 0.5) is 4.79 Å². The summed E-state index contributed by atoms with van der Waals surface area (Å²) in [4.78, 5) is 15.4. The standard InChI is InChI=1S/C16H12N2O4/c19-16(20)21-12-8-11(9-6-7-9)17-15-13(12)14(18-22-15)10-4-2-1-3-5-10/h1-5,8-9H,6-7H2,(H,19,20). The van der Waals surface area contributed by atoms with Crippen LogP contribution in [0, 0.1) is 0 Å². The summed E-state index contributed by atoms with van der Waals surface area (Å²) in [6.07, 6.45) is 0.726. The van der Waals surface area contributed by atoms with Crippen LogP contribution in [0.5, 0.6) is 5.75 Å². The molecule has 1 fully saturated rings. The van der Waals surface area contributed by atoms with E-state index in [4.69, 9.17) is 14.4 Å². The lowest BCUT2D eigenvalue weighted by atomic mass is 10.1. The first-order valence-corrected chi connectivity index (χ1v) is 6.99. The number of nitrogens with zero attached hydrogens (tertiary/aromatic N) is 2. The van der Waals surface area contributed by atoms with E-state index in [1.54, 1.807) is 6.07 Å². The second-order valence-corrected chi connectivity index (χ2v) is 5.26. The predicted octanol–water partition coefficient (Wildman–Crippen LogP) is 3.82. The minimum absolute atomic E-state index is 0.222. The number of pyridine rings is 1. The highest BCUT2D eigenvalue weighted by Crippen LogP contribution is 2.43. The lowest BCUT2D eigenvalue weighted by molar-refractivity contribution is 0.145. The fourth-order valence-electron chi connectivity index (χ4n) is 2.49. The molecule has 1 aromatic carbocycles. The van der Waals surface area contributed by atoms with Crippen LogP contribution in [-0.2, 0) is 0 Å². The van der Waals surface area contributed by atoms with Crippen molar-refractivity contribution in [2.45, 2.75) is 18.8 Å². The molecule has 6 heteroatoms. The van der Waals surface area contributed by atoms with Gasteiger partial charge in [0.2, 0.25) is 0 Å². The van der Waals surface area contributed by atoms with E-state index in [-0.39, 0.29) is 5.75 Å². The molecule has 0 aliphatic heterocycles. The van der Waals surface area contributed by atoms with Crippen LogP contribution in [0.15, 0.2) is 40.9 Å². The molecule has 3 aromatic rings. The van der Waals surface area contributed by atoms with Crippen molar-refractivity contribution >= 4 is 17.3 Å². The third-order valence-corrected chi connectivity index (χ3v) is 3.67. The fourth-order valence-corrected chi connectivity index (χ4v) is 2.49. The van der Waals surface area contributed by atoms with Crippen molar-refractivity contribution in [1.82, 2.24) is 10.1 Å². The Hall–Kier alpha value is -2.89. The monoisotopic (exact) mass is 296 g/mol. The van der Waals surface area contributed by atoms with E-state index in [1.165, 1.54) is 0 Å². The number of aromatic nitrogens is 2. The van der Waals surface area contributed by atoms with Gasteiger partial charge in [0, 0.05) is 17.5 Å². The predicted molar refractivity (Wildman–Crippen MR) is 77.9 cm³/mol. The number of benzene rings is 1. The van der Waals surface area contributed by atoms with Crippen molar-refractivity contribution in [2.75, 3.05) is 0 Å². The summed E-state index contributed by atoms with van der Waals surface area (Å²) >= 11 is 0. The van der Waals surface area contributed by atoms with E-state index in [0.29, 0.717) is 22.7 Å². The maximum absolute atomic E-state index is 11.0. The average molecular weight is 296 g/mol. The Morgan fingerprint density at radius 2 is 2.05 bits per heavy atom. The Kier molecular flexibility index (Phi) is 2.82. The van der Waals surface area contributed by atoms with Gasteiger partial charge in [-0.15, -0.1) is 0 Å². The van der Waals surface area contributed by atoms with Crippen LogP contribution >= 0.6 is 0 Å². The quantitative estimate of drug-likeness (QED) is 0.739. The third-order valence-electron chi connectivity index (χ3n) is 3.67. The second kappa shape index (κ2) is 4.84. The van der Waals surface area contributed by atoms with Crippen LogP contribution in [0.2, 0.25) is 0 Å². The second-order valence-electron chi connectivity index (χ2n) is 5.26. The van der Waals surface area contributed by atoms with E-state index in [9.17, 15) is 4.79 Å². The maximum Gasteiger partial charge on any atom is 0.511 e. The zero-order valence-corrected chi connectivity index (χ0v) is 11.5. The number of carbonyl (C=O) groups is 1. The van der Waals surface area contributed by atoms with Gasteiger partial charge in [0.25, 0.3) is 5.71 Å². The van der Waals surface area contributed by atoms with Gasteiger partial charge in [-0.25, -0.2) is 9.78 Å². The summed E-state index contributed by atoms with van der Waals surface area (Å²) in [7, 11) is 0. The molecule has 0 amide bonds. The first-order valence-electron chi connectivity index (χ1n) is 6.99. The Morgan fingerprint density at radius 1 is 1.27 bits per heavy atom. The first kappa shape index (κ1) is 12.8. The smallest absolute Gasteiger partial charge is 0.449 e. The molecule has 22 heavy (non-hydrogen) atoms. The number of ether oxygens (including phenoxy) is 1. The molecule has 0 radical (unpaired) electrons. The molecule has 6 nitrogen and oxygen atoms in total. The number of rotatable bonds is 3. The molecular weight excluding hydrogens is 284 g/mol. The van der Waals surface area contributed by atoms with Crippen LogP contribution in [0.1, 0.15) is 24.5 Å². The van der Waals surface area contributed by atoms with Gasteiger partial charge in [0.05, 0.1) is 5.69 Å². The van der Waals surface area contributed by atoms with Crippen molar-refractivity contribution in [3.8, 4) is 17.0 Å². The van der Waals surface area contributed by atoms with Crippen molar-refractivity contribution in [3.63, 3.8) is 0 Å². The van der Waals surface area contributed by atoms with E-state index >= 15 is 0 Å². The summed E-state index contributed by atoms with van der Waals surface area (Å²) in [6, 6.07) is 11.1. The molecule has 1 aliphatic rings. The highest BCUT2D eigenvalue weighted by Gasteiger charge is 2.28. The van der Waals surface area contributed by atoms with Crippen LogP contribution < -0.4 is 4.74 Å². The van der Waals surface area contributed by atoms with Gasteiger partial charge in [-0.2, -0.15) is 0 Å². The SMILES string of the molecule is O=C(O)Oc1cc(C2CC2)nc2onc(-c3ccccc3)c12. The van der Waals surface area contributed by atoms with Crippen molar-refractivity contribution in [3.05, 3.63) is 42.1 Å². The van der Waals surface area contributed by atoms with E-state index in [0.717, 1.165) is 24.1 Å². The number of hydrogen-bond donors (Lipinski definition) is 1. The zero-order valence-electron chi connectivity index (χ0n) is 11.5. The Labute approximate surface area is 125 Å². The van der Waals surface area contributed by atoms with Crippen LogP contribution in [0.3, 0.4) is 0 Å². The van der Waals surface area contributed by atoms with Gasteiger partial charge in [0.1, 0.15) is 11.1 Å². The summed E-state index contributed by atoms with van der Waals surface area (Å²) in [5, 5.41) is 13.5. The molecular formula is C16H12N2O4. The zero-order chi connectivity index (χ0) is 15.1. The molecule has 4 rings (SSSR count). The molecule has 2 heterocycles. The molecule has 0 bridgehead atoms. The fraction of sp³-hybridized carbons (Fsp3) is 0.188. The van der Waals surface area contributed by atoms with E-state index < -0.39 is 6.16 Å². The normalized spacial score (nSPS) is 14.2. The third kappa shape index (κ3) is 2.18. The first-order chi connectivity index (χ1) is 10.7. The van der Waals surface area contributed by atoms with Crippen molar-refractivity contribution in [1.29, 1.82) is 0 Å². The van der Waals surface area contributed by atoms with Crippen LogP contribution in [0.25, 0.3) is 22.4 Å². The number of hydrogen-bond acceptors (Lipinski definition) is 5. The molecule has 0 unspecified atom stereocenters. The molecule has 1 N–H and O–H groups in total. The van der Waals surface area contributed by atoms with Gasteiger partial charge in [0.15, 0.2) is 5.75 Å². The molecule has 0 atom stereocenters. The van der Waals surface area contributed by atoms with Gasteiger partial charge in [-0.05, 0) is 12.8 Å². The van der Waals surface area contributed by atoms with Gasteiger partial charge in [-0.3, -0.25) is 0 Å². The Morgan fingerprint density at radius 3 is 2.73 bits per heavy atom. The molecule has 2 aromatic heterocycles. The molecule has 1 saturated carbocycles. The van der Waals surface area contributed by atoms with Gasteiger partial charge in [-0.1, -0.05) is 35.5 Å². The molecule has 0 saturated heterocycles. The molecule has 110 valence electrons. The molecule has 0 spiro atoms. The number of fused-ring (bicyclic) bond motifs is 1. The summed E-state index contributed by atoms with van der Waals surface area (Å²) in [6.45, 7) is 0. The van der Waals surface area contributed by atoms with E-state index in [1.807, 2.05) is 30.3 Å². The lowest BCUT2D eigenvalue weighted by Gasteiger charge is -2.05. The van der Waals surface area contributed by atoms with Crippen molar-refractivity contribution in [2.24, 2.45) is 0 Å². The Bertz CT molecular complexity index is 853. The topological polar surface area (TPSA) is 85.5 Å². The van der Waals surface area contributed by atoms with E-state index in [2.05, 4.69) is 10.1 Å².